The zero-order valence-corrected chi connectivity index (χ0v) is 9.63. The number of hydrogen-bond donors (Lipinski definition) is 2. The van der Waals surface area contributed by atoms with E-state index in [1.54, 1.807) is 12.1 Å². The summed E-state index contributed by atoms with van der Waals surface area (Å²) >= 11 is 0. The van der Waals surface area contributed by atoms with Crippen LogP contribution in [0.3, 0.4) is 0 Å². The Balaban J connectivity index is 2.20. The Morgan fingerprint density at radius 3 is 2.81 bits per heavy atom. The number of hydrogen-bond acceptors (Lipinski definition) is 3. The van der Waals surface area contributed by atoms with Crippen LogP contribution >= 0.6 is 0 Å². The molecule has 16 heavy (non-hydrogen) atoms. The molecule has 2 aliphatic heterocycles. The third kappa shape index (κ3) is 1.47. The van der Waals surface area contributed by atoms with Crippen molar-refractivity contribution in [2.45, 2.75) is 10.8 Å². The number of fused-ring (bicyclic) bond motifs is 3. The molecular formula is C11H14N2O2S. The SMILES string of the molecule is O=S1(=O)NC[C@@H]2CNC[C@H]2c2ccccc21. The van der Waals surface area contributed by atoms with Crippen molar-refractivity contribution in [2.75, 3.05) is 19.6 Å². The minimum Gasteiger partial charge on any atom is -0.316 e. The van der Waals surface area contributed by atoms with Gasteiger partial charge in [-0.15, -0.1) is 0 Å². The number of nitrogens with one attached hydrogen (secondary N) is 2. The molecule has 4 nitrogen and oxygen atoms in total. The highest BCUT2D eigenvalue weighted by molar-refractivity contribution is 7.89. The first-order valence-corrected chi connectivity index (χ1v) is 6.96. The summed E-state index contributed by atoms with van der Waals surface area (Å²) in [6.45, 7) is 2.30. The Labute approximate surface area is 95.1 Å². The maximum absolute atomic E-state index is 12.0. The van der Waals surface area contributed by atoms with Crippen molar-refractivity contribution in [1.82, 2.24) is 10.0 Å². The molecule has 3 rings (SSSR count). The molecule has 5 heteroatoms. The normalized spacial score (nSPS) is 31.5. The molecule has 2 atom stereocenters. The first-order chi connectivity index (χ1) is 7.68. The largest absolute Gasteiger partial charge is 0.316 e. The van der Waals surface area contributed by atoms with E-state index in [9.17, 15) is 8.42 Å². The molecule has 0 aliphatic carbocycles. The first-order valence-electron chi connectivity index (χ1n) is 5.48. The molecule has 2 heterocycles. The van der Waals surface area contributed by atoms with Crippen molar-refractivity contribution in [1.29, 1.82) is 0 Å². The van der Waals surface area contributed by atoms with Crippen LogP contribution in [-0.2, 0) is 10.0 Å². The second-order valence-corrected chi connectivity index (χ2v) is 6.15. The summed E-state index contributed by atoms with van der Waals surface area (Å²) in [5.41, 5.74) is 0.961. The second kappa shape index (κ2) is 3.55. The van der Waals surface area contributed by atoms with Gasteiger partial charge in [-0.2, -0.15) is 0 Å². The Hall–Kier alpha value is -0.910. The van der Waals surface area contributed by atoms with Crippen molar-refractivity contribution in [3.05, 3.63) is 29.8 Å². The molecule has 1 aromatic carbocycles. The van der Waals surface area contributed by atoms with E-state index in [1.807, 2.05) is 12.1 Å². The van der Waals surface area contributed by atoms with Gasteiger partial charge in [0, 0.05) is 19.0 Å². The molecule has 1 aromatic rings. The lowest BCUT2D eigenvalue weighted by Gasteiger charge is -2.15. The van der Waals surface area contributed by atoms with Crippen LogP contribution in [0.5, 0.6) is 0 Å². The maximum Gasteiger partial charge on any atom is 0.240 e. The zero-order chi connectivity index (χ0) is 11.2. The standard InChI is InChI=1S/C11H14N2O2S/c14-16(15)11-4-2-1-3-9(11)10-7-12-5-8(10)6-13-16/h1-4,8,10,12-13H,5-7H2/t8-,10+/m0/s1. The van der Waals surface area contributed by atoms with Gasteiger partial charge >= 0.3 is 0 Å². The molecule has 0 spiro atoms. The van der Waals surface area contributed by atoms with Gasteiger partial charge in [-0.3, -0.25) is 0 Å². The topological polar surface area (TPSA) is 58.2 Å². The van der Waals surface area contributed by atoms with E-state index in [0.29, 0.717) is 23.3 Å². The van der Waals surface area contributed by atoms with Crippen molar-refractivity contribution in [2.24, 2.45) is 5.92 Å². The maximum atomic E-state index is 12.0. The lowest BCUT2D eigenvalue weighted by molar-refractivity contribution is 0.511. The monoisotopic (exact) mass is 238 g/mol. The van der Waals surface area contributed by atoms with Crippen LogP contribution in [-0.4, -0.2) is 28.1 Å². The third-order valence-corrected chi connectivity index (χ3v) is 4.98. The van der Waals surface area contributed by atoms with Crippen LogP contribution in [0.2, 0.25) is 0 Å². The fraction of sp³-hybridized carbons (Fsp3) is 0.455. The first kappa shape index (κ1) is 10.3. The molecule has 2 aliphatic rings. The quantitative estimate of drug-likeness (QED) is 0.682. The highest BCUT2D eigenvalue weighted by Gasteiger charge is 2.36. The summed E-state index contributed by atoms with van der Waals surface area (Å²) in [6, 6.07) is 7.32. The van der Waals surface area contributed by atoms with Gasteiger partial charge in [0.2, 0.25) is 10.0 Å². The molecule has 0 amide bonds. The molecule has 0 saturated carbocycles. The third-order valence-electron chi connectivity index (χ3n) is 3.48. The molecule has 86 valence electrons. The average molecular weight is 238 g/mol. The summed E-state index contributed by atoms with van der Waals surface area (Å²) in [5, 5.41) is 3.33. The van der Waals surface area contributed by atoms with Gasteiger partial charge in [0.15, 0.2) is 0 Å². The van der Waals surface area contributed by atoms with Gasteiger partial charge in [-0.1, -0.05) is 18.2 Å². The highest BCUT2D eigenvalue weighted by atomic mass is 32.2. The van der Waals surface area contributed by atoms with Gasteiger partial charge in [0.1, 0.15) is 0 Å². The van der Waals surface area contributed by atoms with Crippen LogP contribution in [0.4, 0.5) is 0 Å². The minimum absolute atomic E-state index is 0.320. The molecule has 0 radical (unpaired) electrons. The minimum atomic E-state index is -3.30. The predicted octanol–water partition coefficient (Wildman–Crippen LogP) is 0.282. The molecule has 2 N–H and O–H groups in total. The van der Waals surface area contributed by atoms with Crippen molar-refractivity contribution in [3.8, 4) is 0 Å². The predicted molar refractivity (Wildman–Crippen MR) is 60.7 cm³/mol. The van der Waals surface area contributed by atoms with Crippen LogP contribution < -0.4 is 10.0 Å². The fourth-order valence-electron chi connectivity index (χ4n) is 2.64. The van der Waals surface area contributed by atoms with Crippen LogP contribution in [0.1, 0.15) is 11.5 Å². The molecule has 1 fully saturated rings. The van der Waals surface area contributed by atoms with E-state index < -0.39 is 10.0 Å². The van der Waals surface area contributed by atoms with E-state index in [1.165, 1.54) is 0 Å². The van der Waals surface area contributed by atoms with E-state index in [0.717, 1.165) is 18.7 Å². The van der Waals surface area contributed by atoms with Crippen LogP contribution in [0, 0.1) is 5.92 Å². The van der Waals surface area contributed by atoms with Crippen molar-refractivity contribution >= 4 is 10.0 Å². The van der Waals surface area contributed by atoms with E-state index in [2.05, 4.69) is 10.0 Å². The highest BCUT2D eigenvalue weighted by Crippen LogP contribution is 2.34. The van der Waals surface area contributed by atoms with Crippen LogP contribution in [0.15, 0.2) is 29.2 Å². The Bertz CT molecular complexity index is 512. The molecule has 0 aromatic heterocycles. The number of sulfonamides is 1. The smallest absolute Gasteiger partial charge is 0.240 e. The lowest BCUT2D eigenvalue weighted by atomic mass is 9.89. The molecule has 0 bridgehead atoms. The van der Waals surface area contributed by atoms with E-state index >= 15 is 0 Å². The molecule has 1 saturated heterocycles. The van der Waals surface area contributed by atoms with Gasteiger partial charge in [0.05, 0.1) is 4.90 Å². The van der Waals surface area contributed by atoms with Gasteiger partial charge < -0.3 is 5.32 Å². The summed E-state index contributed by atoms with van der Waals surface area (Å²) in [6.07, 6.45) is 0. The van der Waals surface area contributed by atoms with E-state index in [4.69, 9.17) is 0 Å². The number of rotatable bonds is 0. The molecule has 0 unspecified atom stereocenters. The average Bonchev–Trinajstić information content (AvgIpc) is 2.71. The Morgan fingerprint density at radius 1 is 1.12 bits per heavy atom. The second-order valence-electron chi connectivity index (χ2n) is 4.41. The van der Waals surface area contributed by atoms with Crippen LogP contribution in [0.25, 0.3) is 0 Å². The lowest BCUT2D eigenvalue weighted by Crippen LogP contribution is -2.28. The number of benzene rings is 1. The van der Waals surface area contributed by atoms with Gasteiger partial charge in [-0.05, 0) is 24.1 Å². The van der Waals surface area contributed by atoms with Crippen molar-refractivity contribution in [3.63, 3.8) is 0 Å². The summed E-state index contributed by atoms with van der Waals surface area (Å²) in [5.74, 6) is 0.694. The summed E-state index contributed by atoms with van der Waals surface area (Å²) in [7, 11) is -3.30. The van der Waals surface area contributed by atoms with Crippen molar-refractivity contribution < 1.29 is 8.42 Å². The van der Waals surface area contributed by atoms with Gasteiger partial charge in [-0.25, -0.2) is 13.1 Å². The fourth-order valence-corrected chi connectivity index (χ4v) is 4.01. The summed E-state index contributed by atoms with van der Waals surface area (Å²) in [4.78, 5) is 0.450. The molecular weight excluding hydrogens is 224 g/mol. The Kier molecular flexibility index (Phi) is 2.27. The van der Waals surface area contributed by atoms with E-state index in [-0.39, 0.29) is 0 Å². The Morgan fingerprint density at radius 2 is 1.94 bits per heavy atom. The summed E-state index contributed by atoms with van der Waals surface area (Å²) < 4.78 is 26.7. The zero-order valence-electron chi connectivity index (χ0n) is 8.81. The van der Waals surface area contributed by atoms with Gasteiger partial charge in [0.25, 0.3) is 0 Å².